The lowest BCUT2D eigenvalue weighted by Crippen LogP contribution is -2.28. The normalized spacial score (nSPS) is 21.0. The summed E-state index contributed by atoms with van der Waals surface area (Å²) in [7, 11) is 2.71. The molecule has 0 aromatic carbocycles. The second kappa shape index (κ2) is 7.06. The van der Waals surface area contributed by atoms with Gasteiger partial charge in [-0.15, -0.1) is 0 Å². The van der Waals surface area contributed by atoms with E-state index >= 15 is 0 Å². The molecular formula is C14H18N2O6. The van der Waals surface area contributed by atoms with E-state index in [2.05, 4.69) is 4.98 Å². The molecular weight excluding hydrogens is 292 g/mol. The predicted octanol–water partition coefficient (Wildman–Crippen LogP) is 2.11. The molecule has 0 spiro atoms. The maximum absolute atomic E-state index is 11.5. The molecule has 1 aliphatic rings. The molecule has 0 amide bonds. The zero-order valence-corrected chi connectivity index (χ0v) is 12.5. The summed E-state index contributed by atoms with van der Waals surface area (Å²) in [6.07, 6.45) is 2.74. The number of ether oxygens (including phenoxy) is 3. The fourth-order valence-corrected chi connectivity index (χ4v) is 2.52. The number of nitrogens with zero attached hydrogens (tertiary/aromatic N) is 2. The molecule has 1 aromatic heterocycles. The first kappa shape index (κ1) is 16.0. The minimum absolute atomic E-state index is 0.0698. The van der Waals surface area contributed by atoms with Crippen LogP contribution in [-0.4, -0.2) is 36.2 Å². The molecule has 0 bridgehead atoms. The third-order valence-electron chi connectivity index (χ3n) is 3.70. The van der Waals surface area contributed by atoms with Crippen molar-refractivity contribution in [2.24, 2.45) is 5.92 Å². The summed E-state index contributed by atoms with van der Waals surface area (Å²) in [5, 5.41) is 10.8. The maximum Gasteiger partial charge on any atom is 0.331 e. The van der Waals surface area contributed by atoms with Gasteiger partial charge in [-0.05, 0) is 25.7 Å². The van der Waals surface area contributed by atoms with Crippen molar-refractivity contribution < 1.29 is 23.9 Å². The second-order valence-corrected chi connectivity index (χ2v) is 5.05. The molecule has 8 heteroatoms. The van der Waals surface area contributed by atoms with Gasteiger partial charge in [0.2, 0.25) is 5.88 Å². The van der Waals surface area contributed by atoms with Crippen molar-refractivity contribution in [3.05, 3.63) is 22.2 Å². The smallest absolute Gasteiger partial charge is 0.331 e. The van der Waals surface area contributed by atoms with E-state index in [9.17, 15) is 14.9 Å². The molecule has 1 aromatic rings. The molecule has 2 rings (SSSR count). The van der Waals surface area contributed by atoms with E-state index in [1.165, 1.54) is 26.4 Å². The first-order valence-electron chi connectivity index (χ1n) is 6.99. The molecule has 22 heavy (non-hydrogen) atoms. The molecule has 8 nitrogen and oxygen atoms in total. The van der Waals surface area contributed by atoms with Gasteiger partial charge in [0, 0.05) is 12.1 Å². The lowest BCUT2D eigenvalue weighted by Gasteiger charge is -2.27. The molecule has 0 radical (unpaired) electrons. The van der Waals surface area contributed by atoms with Gasteiger partial charge < -0.3 is 14.2 Å². The van der Waals surface area contributed by atoms with Gasteiger partial charge in [0.05, 0.1) is 25.1 Å². The molecule has 0 N–H and O–H groups in total. The predicted molar refractivity (Wildman–Crippen MR) is 75.8 cm³/mol. The topological polar surface area (TPSA) is 101 Å². The Morgan fingerprint density at radius 3 is 2.50 bits per heavy atom. The van der Waals surface area contributed by atoms with E-state index in [-0.39, 0.29) is 35.4 Å². The number of hydrogen-bond acceptors (Lipinski definition) is 7. The summed E-state index contributed by atoms with van der Waals surface area (Å²) in [6.45, 7) is 0. The molecule has 0 atom stereocenters. The molecule has 1 fully saturated rings. The number of hydrogen-bond donors (Lipinski definition) is 0. The van der Waals surface area contributed by atoms with Crippen LogP contribution < -0.4 is 9.47 Å². The number of carbonyl (C=O) groups is 1. The molecule has 1 saturated carbocycles. The van der Waals surface area contributed by atoms with Gasteiger partial charge in [0.25, 0.3) is 5.88 Å². The summed E-state index contributed by atoms with van der Waals surface area (Å²) >= 11 is 0. The van der Waals surface area contributed by atoms with Gasteiger partial charge in [-0.25, -0.2) is 0 Å². The lowest BCUT2D eigenvalue weighted by molar-refractivity contribution is -0.386. The molecule has 0 unspecified atom stereocenters. The summed E-state index contributed by atoms with van der Waals surface area (Å²) in [4.78, 5) is 25.7. The first-order valence-corrected chi connectivity index (χ1v) is 6.99. The SMILES string of the molecule is COC(=O)C1CCC(Oc2ccc([N+](=O)[O-])c(OC)n2)CC1. The van der Waals surface area contributed by atoms with Crippen LogP contribution in [-0.2, 0) is 9.53 Å². The Morgan fingerprint density at radius 2 is 1.95 bits per heavy atom. The minimum atomic E-state index is -0.558. The van der Waals surface area contributed by atoms with Crippen molar-refractivity contribution in [1.29, 1.82) is 0 Å². The van der Waals surface area contributed by atoms with Crippen LogP contribution in [0.5, 0.6) is 11.8 Å². The second-order valence-electron chi connectivity index (χ2n) is 5.05. The molecule has 0 saturated heterocycles. The summed E-state index contributed by atoms with van der Waals surface area (Å²) < 4.78 is 15.4. The van der Waals surface area contributed by atoms with Crippen LogP contribution >= 0.6 is 0 Å². The van der Waals surface area contributed by atoms with Gasteiger partial charge in [0.15, 0.2) is 0 Å². The van der Waals surface area contributed by atoms with Crippen molar-refractivity contribution >= 4 is 11.7 Å². The van der Waals surface area contributed by atoms with Crippen molar-refractivity contribution in [2.75, 3.05) is 14.2 Å². The number of aromatic nitrogens is 1. The Morgan fingerprint density at radius 1 is 1.27 bits per heavy atom. The Balaban J connectivity index is 1.98. The molecule has 0 aliphatic heterocycles. The number of pyridine rings is 1. The van der Waals surface area contributed by atoms with Crippen LogP contribution in [0.1, 0.15) is 25.7 Å². The Hall–Kier alpha value is -2.38. The van der Waals surface area contributed by atoms with Gasteiger partial charge >= 0.3 is 11.7 Å². The first-order chi connectivity index (χ1) is 10.5. The van der Waals surface area contributed by atoms with Gasteiger partial charge in [-0.3, -0.25) is 14.9 Å². The van der Waals surface area contributed by atoms with Crippen LogP contribution in [0, 0.1) is 16.0 Å². The van der Waals surface area contributed by atoms with Gasteiger partial charge in [0.1, 0.15) is 6.10 Å². The molecule has 1 aliphatic carbocycles. The lowest BCUT2D eigenvalue weighted by atomic mass is 9.87. The fraction of sp³-hybridized carbons (Fsp3) is 0.571. The number of rotatable bonds is 5. The fourth-order valence-electron chi connectivity index (χ4n) is 2.52. The zero-order valence-electron chi connectivity index (χ0n) is 12.5. The number of methoxy groups -OCH3 is 2. The Kier molecular flexibility index (Phi) is 5.13. The number of esters is 1. The van der Waals surface area contributed by atoms with E-state index in [1.807, 2.05) is 0 Å². The van der Waals surface area contributed by atoms with Crippen LogP contribution in [0.15, 0.2) is 12.1 Å². The van der Waals surface area contributed by atoms with Crippen LogP contribution in [0.3, 0.4) is 0 Å². The minimum Gasteiger partial charge on any atom is -0.476 e. The largest absolute Gasteiger partial charge is 0.476 e. The van der Waals surface area contributed by atoms with Crippen LogP contribution in [0.4, 0.5) is 5.69 Å². The van der Waals surface area contributed by atoms with E-state index < -0.39 is 4.92 Å². The van der Waals surface area contributed by atoms with E-state index in [1.54, 1.807) is 0 Å². The highest BCUT2D eigenvalue weighted by Gasteiger charge is 2.28. The Labute approximate surface area is 127 Å². The standard InChI is InChI=1S/C14H18N2O6/c1-20-13-11(16(18)19)7-8-12(15-13)22-10-5-3-9(4-6-10)14(17)21-2/h7-10H,3-6H2,1-2H3. The van der Waals surface area contributed by atoms with E-state index in [4.69, 9.17) is 14.2 Å². The average molecular weight is 310 g/mol. The summed E-state index contributed by atoms with van der Waals surface area (Å²) in [5.41, 5.74) is -0.204. The molecule has 120 valence electrons. The highest BCUT2D eigenvalue weighted by atomic mass is 16.6. The highest BCUT2D eigenvalue weighted by molar-refractivity contribution is 5.72. The summed E-state index contributed by atoms with van der Waals surface area (Å²) in [6, 6.07) is 2.76. The summed E-state index contributed by atoms with van der Waals surface area (Å²) in [5.74, 6) is -0.0625. The third-order valence-corrected chi connectivity index (χ3v) is 3.70. The average Bonchev–Trinajstić information content (AvgIpc) is 2.54. The Bertz CT molecular complexity index is 554. The maximum atomic E-state index is 11.5. The van der Waals surface area contributed by atoms with Crippen molar-refractivity contribution in [3.8, 4) is 11.8 Å². The van der Waals surface area contributed by atoms with Crippen molar-refractivity contribution in [2.45, 2.75) is 31.8 Å². The number of carbonyl (C=O) groups excluding carboxylic acids is 1. The van der Waals surface area contributed by atoms with Crippen LogP contribution in [0.25, 0.3) is 0 Å². The molecule has 1 heterocycles. The van der Waals surface area contributed by atoms with Crippen LogP contribution in [0.2, 0.25) is 0 Å². The van der Waals surface area contributed by atoms with Gasteiger partial charge in [-0.2, -0.15) is 4.98 Å². The third kappa shape index (κ3) is 3.63. The number of nitro groups is 1. The van der Waals surface area contributed by atoms with E-state index in [0.717, 1.165) is 0 Å². The monoisotopic (exact) mass is 310 g/mol. The highest BCUT2D eigenvalue weighted by Crippen LogP contribution is 2.31. The van der Waals surface area contributed by atoms with Crippen molar-refractivity contribution in [1.82, 2.24) is 4.98 Å². The van der Waals surface area contributed by atoms with Crippen molar-refractivity contribution in [3.63, 3.8) is 0 Å². The van der Waals surface area contributed by atoms with Gasteiger partial charge in [-0.1, -0.05) is 0 Å². The quantitative estimate of drug-likeness (QED) is 0.466. The van der Waals surface area contributed by atoms with E-state index in [0.29, 0.717) is 25.7 Å². The zero-order chi connectivity index (χ0) is 16.1.